The van der Waals surface area contributed by atoms with Crippen molar-refractivity contribution in [1.82, 2.24) is 14.1 Å². The number of hydrogen-bond donors (Lipinski definition) is 1. The number of amides is 1. The molecule has 1 N–H and O–H groups in total. The van der Waals surface area contributed by atoms with Gasteiger partial charge < -0.3 is 10.1 Å². The van der Waals surface area contributed by atoms with Crippen LogP contribution in [0.2, 0.25) is 0 Å². The highest BCUT2D eigenvalue weighted by molar-refractivity contribution is 7.89. The minimum absolute atomic E-state index is 0.0206. The summed E-state index contributed by atoms with van der Waals surface area (Å²) in [6.45, 7) is -0.645. The van der Waals surface area contributed by atoms with Crippen molar-refractivity contribution in [3.8, 4) is 11.8 Å². The fourth-order valence-electron chi connectivity index (χ4n) is 2.69. The Balaban J connectivity index is 1.71. The molecule has 2 aromatic carbocycles. The normalized spacial score (nSPS) is 11.1. The molecule has 0 saturated carbocycles. The van der Waals surface area contributed by atoms with Crippen molar-refractivity contribution in [3.05, 3.63) is 71.9 Å². The molecular weight excluding hydrogens is 434 g/mol. The molecule has 0 atom stereocenters. The Morgan fingerprint density at radius 3 is 2.53 bits per heavy atom. The van der Waals surface area contributed by atoms with Crippen molar-refractivity contribution in [1.29, 1.82) is 5.26 Å². The maximum absolute atomic E-state index is 12.4. The summed E-state index contributed by atoms with van der Waals surface area (Å²) >= 11 is 0. The monoisotopic (exact) mass is 453 g/mol. The highest BCUT2D eigenvalue weighted by atomic mass is 32.2. The van der Waals surface area contributed by atoms with E-state index in [0.29, 0.717) is 5.69 Å². The van der Waals surface area contributed by atoms with E-state index < -0.39 is 28.5 Å². The van der Waals surface area contributed by atoms with Gasteiger partial charge >= 0.3 is 5.97 Å². The van der Waals surface area contributed by atoms with Gasteiger partial charge in [-0.1, -0.05) is 24.3 Å². The van der Waals surface area contributed by atoms with E-state index in [1.807, 2.05) is 12.1 Å². The number of benzene rings is 2. The van der Waals surface area contributed by atoms with E-state index >= 15 is 0 Å². The number of rotatable bonds is 7. The molecule has 0 aliphatic rings. The zero-order chi connectivity index (χ0) is 23.3. The number of aromatic nitrogens is 2. The van der Waals surface area contributed by atoms with Crippen molar-refractivity contribution < 1.29 is 22.7 Å². The zero-order valence-corrected chi connectivity index (χ0v) is 18.0. The lowest BCUT2D eigenvalue weighted by atomic mass is 10.2. The maximum Gasteiger partial charge on any atom is 0.338 e. The van der Waals surface area contributed by atoms with E-state index in [1.165, 1.54) is 49.2 Å². The van der Waals surface area contributed by atoms with Gasteiger partial charge in [0.25, 0.3) is 5.91 Å². The quantitative estimate of drug-likeness (QED) is 0.539. The van der Waals surface area contributed by atoms with Crippen LogP contribution in [0.15, 0.2) is 65.7 Å². The van der Waals surface area contributed by atoms with E-state index in [1.54, 1.807) is 24.3 Å². The van der Waals surface area contributed by atoms with Gasteiger partial charge in [-0.15, -0.1) is 0 Å². The first-order valence-electron chi connectivity index (χ1n) is 9.27. The van der Waals surface area contributed by atoms with E-state index in [0.717, 1.165) is 4.31 Å². The Hall–Kier alpha value is -4.01. The first-order valence-corrected chi connectivity index (χ1v) is 10.7. The van der Waals surface area contributed by atoms with Crippen LogP contribution >= 0.6 is 0 Å². The Labute approximate surface area is 184 Å². The summed E-state index contributed by atoms with van der Waals surface area (Å²) < 4.78 is 31.9. The van der Waals surface area contributed by atoms with Crippen LogP contribution in [0.4, 0.5) is 5.82 Å². The van der Waals surface area contributed by atoms with Crippen molar-refractivity contribution in [2.45, 2.75) is 4.90 Å². The van der Waals surface area contributed by atoms with Gasteiger partial charge in [0.05, 0.1) is 22.3 Å². The van der Waals surface area contributed by atoms with Crippen LogP contribution in [0.25, 0.3) is 5.69 Å². The molecule has 3 rings (SSSR count). The van der Waals surface area contributed by atoms with Crippen molar-refractivity contribution >= 4 is 27.7 Å². The molecule has 1 heterocycles. The molecule has 164 valence electrons. The fourth-order valence-corrected chi connectivity index (χ4v) is 3.64. The van der Waals surface area contributed by atoms with Crippen LogP contribution in [-0.4, -0.2) is 55.1 Å². The van der Waals surface area contributed by atoms with Gasteiger partial charge in [0.1, 0.15) is 11.6 Å². The molecule has 0 bridgehead atoms. The number of ether oxygens (including phenoxy) is 1. The third kappa shape index (κ3) is 4.83. The molecule has 0 radical (unpaired) electrons. The SMILES string of the molecule is CN(C)S(=O)(=O)c1cccc(C(=O)OCC(=O)Nc2c(C#N)cnn2-c2ccccc2)c1. The summed E-state index contributed by atoms with van der Waals surface area (Å²) in [4.78, 5) is 24.6. The lowest BCUT2D eigenvalue weighted by Gasteiger charge is -2.12. The van der Waals surface area contributed by atoms with Crippen molar-refractivity contribution in [3.63, 3.8) is 0 Å². The summed E-state index contributed by atoms with van der Waals surface area (Å²) in [5.74, 6) is -1.42. The number of nitrogens with zero attached hydrogens (tertiary/aromatic N) is 4. The molecular formula is C21H19N5O5S. The van der Waals surface area contributed by atoms with Crippen molar-refractivity contribution in [2.75, 3.05) is 26.0 Å². The molecule has 10 nitrogen and oxygen atoms in total. The molecule has 1 aromatic heterocycles. The molecule has 0 unspecified atom stereocenters. The number of carbonyl (C=O) groups excluding carboxylic acids is 2. The number of anilines is 1. The second kappa shape index (κ2) is 9.42. The van der Waals surface area contributed by atoms with E-state index in [4.69, 9.17) is 4.74 Å². The Morgan fingerprint density at radius 1 is 1.16 bits per heavy atom. The highest BCUT2D eigenvalue weighted by Crippen LogP contribution is 2.20. The van der Waals surface area contributed by atoms with Gasteiger partial charge in [-0.05, 0) is 30.3 Å². The largest absolute Gasteiger partial charge is 0.452 e. The summed E-state index contributed by atoms with van der Waals surface area (Å²) in [5, 5.41) is 15.9. The number of para-hydroxylation sites is 1. The minimum atomic E-state index is -3.73. The van der Waals surface area contributed by atoms with Gasteiger partial charge in [-0.25, -0.2) is 22.2 Å². The van der Waals surface area contributed by atoms with Crippen LogP contribution in [-0.2, 0) is 19.6 Å². The summed E-state index contributed by atoms with van der Waals surface area (Å²) in [6, 6.07) is 16.1. The average molecular weight is 453 g/mol. The predicted octanol–water partition coefficient (Wildman–Crippen LogP) is 1.79. The topological polar surface area (TPSA) is 134 Å². The Bertz CT molecular complexity index is 1290. The smallest absolute Gasteiger partial charge is 0.338 e. The minimum Gasteiger partial charge on any atom is -0.452 e. The lowest BCUT2D eigenvalue weighted by molar-refractivity contribution is -0.119. The fraction of sp³-hybridized carbons (Fsp3) is 0.143. The highest BCUT2D eigenvalue weighted by Gasteiger charge is 2.20. The van der Waals surface area contributed by atoms with Crippen LogP contribution < -0.4 is 5.32 Å². The van der Waals surface area contributed by atoms with Gasteiger partial charge in [-0.2, -0.15) is 10.4 Å². The Kier molecular flexibility index (Phi) is 6.67. The molecule has 0 spiro atoms. The number of hydrogen-bond acceptors (Lipinski definition) is 7. The second-order valence-corrected chi connectivity index (χ2v) is 8.86. The molecule has 11 heteroatoms. The van der Waals surface area contributed by atoms with E-state index in [9.17, 15) is 23.3 Å². The average Bonchev–Trinajstić information content (AvgIpc) is 3.20. The Morgan fingerprint density at radius 2 is 1.88 bits per heavy atom. The number of sulfonamides is 1. The molecule has 0 saturated heterocycles. The van der Waals surface area contributed by atoms with E-state index in [-0.39, 0.29) is 21.8 Å². The van der Waals surface area contributed by atoms with Crippen LogP contribution in [0.3, 0.4) is 0 Å². The third-order valence-electron chi connectivity index (χ3n) is 4.33. The van der Waals surface area contributed by atoms with Crippen LogP contribution in [0, 0.1) is 11.3 Å². The van der Waals surface area contributed by atoms with Gasteiger partial charge in [0.15, 0.2) is 12.4 Å². The number of nitrogens with one attached hydrogen (secondary N) is 1. The summed E-state index contributed by atoms with van der Waals surface area (Å²) in [7, 11) is -0.981. The molecule has 3 aromatic rings. The predicted molar refractivity (Wildman–Crippen MR) is 115 cm³/mol. The zero-order valence-electron chi connectivity index (χ0n) is 17.2. The van der Waals surface area contributed by atoms with Crippen LogP contribution in [0.5, 0.6) is 0 Å². The molecule has 0 fully saturated rings. The summed E-state index contributed by atoms with van der Waals surface area (Å²) in [6.07, 6.45) is 1.31. The first-order chi connectivity index (χ1) is 15.2. The third-order valence-corrected chi connectivity index (χ3v) is 6.14. The van der Waals surface area contributed by atoms with Gasteiger partial charge in [0.2, 0.25) is 10.0 Å². The van der Waals surface area contributed by atoms with Crippen molar-refractivity contribution in [2.24, 2.45) is 0 Å². The number of carbonyl (C=O) groups is 2. The summed E-state index contributed by atoms with van der Waals surface area (Å²) in [5.41, 5.74) is 0.739. The molecule has 1 amide bonds. The van der Waals surface area contributed by atoms with Gasteiger partial charge in [0, 0.05) is 14.1 Å². The maximum atomic E-state index is 12.4. The second-order valence-electron chi connectivity index (χ2n) is 6.71. The number of esters is 1. The molecule has 0 aliphatic heterocycles. The number of nitriles is 1. The lowest BCUT2D eigenvalue weighted by Crippen LogP contribution is -2.24. The first kappa shape index (κ1) is 22.7. The molecule has 0 aliphatic carbocycles. The van der Waals surface area contributed by atoms with Crippen LogP contribution in [0.1, 0.15) is 15.9 Å². The molecule has 32 heavy (non-hydrogen) atoms. The van der Waals surface area contributed by atoms with Gasteiger partial charge in [-0.3, -0.25) is 4.79 Å². The standard InChI is InChI=1S/C21H19N5O5S/c1-25(2)32(29,30)18-10-6-7-15(11-18)21(28)31-14-19(27)24-20-16(12-22)13-23-26(20)17-8-4-3-5-9-17/h3-11,13H,14H2,1-2H3,(H,24,27). The van der Waals surface area contributed by atoms with E-state index in [2.05, 4.69) is 10.4 Å².